The SMILES string of the molecule is CC(C)(C)[N-][Si](C)(C)CC[Si](C)(C)[N-]C(C)(C)C.[Cl][Ti][Cl]. The van der Waals surface area contributed by atoms with Crippen molar-refractivity contribution in [3.05, 3.63) is 9.96 Å². The molecule has 0 bridgehead atoms. The molecule has 0 fully saturated rings. The maximum absolute atomic E-state index is 5.06. The van der Waals surface area contributed by atoms with Gasteiger partial charge in [0.05, 0.1) is 0 Å². The van der Waals surface area contributed by atoms with Gasteiger partial charge in [0.25, 0.3) is 0 Å². The second-order valence-electron chi connectivity index (χ2n) is 8.76. The summed E-state index contributed by atoms with van der Waals surface area (Å²) in [6, 6.07) is 2.56. The van der Waals surface area contributed by atoms with Crippen LogP contribution in [0, 0.1) is 0 Å². The maximum atomic E-state index is 5.06. The fourth-order valence-corrected chi connectivity index (χ4v) is 11.3. The summed E-state index contributed by atoms with van der Waals surface area (Å²) >= 11 is -0.556. The summed E-state index contributed by atoms with van der Waals surface area (Å²) in [6.45, 7) is 22.8. The van der Waals surface area contributed by atoms with Crippen molar-refractivity contribution < 1.29 is 17.0 Å². The molecule has 0 saturated heterocycles. The van der Waals surface area contributed by atoms with Gasteiger partial charge in [-0.1, -0.05) is 96.3 Å². The molecule has 0 aliphatic carbocycles. The molecule has 0 atom stereocenters. The zero-order valence-corrected chi connectivity index (χ0v) is 20.6. The third kappa shape index (κ3) is 19.6. The Hall–Kier alpha value is 1.65. The van der Waals surface area contributed by atoms with E-state index in [1.165, 1.54) is 12.1 Å². The number of hydrogen-bond acceptors (Lipinski definition) is 0. The Morgan fingerprint density at radius 1 is 0.714 bits per heavy atom. The standard InChI is InChI=1S/C14H34N2Si2.2ClH.Ti/c1-13(2,3)15-17(7,8)11-12-18(9,10)16-14(4,5)6;;;/h11-12H2,1-10H3;2*1H;/q-2;;;+2/p-2. The summed E-state index contributed by atoms with van der Waals surface area (Å²) in [5, 5.41) is 0. The molecule has 0 spiro atoms. The van der Waals surface area contributed by atoms with Crippen LogP contribution >= 0.6 is 18.6 Å². The topological polar surface area (TPSA) is 28.2 Å². The van der Waals surface area contributed by atoms with Gasteiger partial charge in [-0.15, -0.1) is 11.1 Å². The van der Waals surface area contributed by atoms with Crippen molar-refractivity contribution in [1.82, 2.24) is 0 Å². The van der Waals surface area contributed by atoms with Crippen LogP contribution in [0.2, 0.25) is 38.3 Å². The van der Waals surface area contributed by atoms with Crippen molar-refractivity contribution in [2.45, 2.75) is 90.9 Å². The molecule has 128 valence electrons. The Morgan fingerprint density at radius 3 is 1.05 bits per heavy atom. The first-order chi connectivity index (χ1) is 9.04. The fraction of sp³-hybridized carbons (Fsp3) is 1.00. The van der Waals surface area contributed by atoms with E-state index in [1.807, 2.05) is 0 Å². The summed E-state index contributed by atoms with van der Waals surface area (Å²) in [6.07, 6.45) is 0. The third-order valence-corrected chi connectivity index (χ3v) is 8.62. The molecule has 0 saturated carbocycles. The Balaban J connectivity index is 0. The molecule has 0 heterocycles. The first kappa shape index (κ1) is 24.9. The molecular weight excluding hydrogens is 371 g/mol. The Bertz CT molecular complexity index is 260. The van der Waals surface area contributed by atoms with Crippen LogP contribution in [-0.4, -0.2) is 27.5 Å². The van der Waals surface area contributed by atoms with Crippen molar-refractivity contribution in [3.8, 4) is 0 Å². The monoisotopic (exact) mass is 404 g/mol. The van der Waals surface area contributed by atoms with Gasteiger partial charge in [0.2, 0.25) is 0 Å². The predicted octanol–water partition coefficient (Wildman–Crippen LogP) is 7.12. The molecule has 0 aliphatic heterocycles. The van der Waals surface area contributed by atoms with Gasteiger partial charge in [0.1, 0.15) is 0 Å². The molecular formula is C14H34Cl2N2Si2Ti-2. The minimum atomic E-state index is -1.42. The average molecular weight is 405 g/mol. The van der Waals surface area contributed by atoms with Gasteiger partial charge >= 0.3 is 35.6 Å². The van der Waals surface area contributed by atoms with Gasteiger partial charge in [-0.2, -0.15) is 0 Å². The summed E-state index contributed by atoms with van der Waals surface area (Å²) in [5.74, 6) is 0. The van der Waals surface area contributed by atoms with Crippen LogP contribution in [0.5, 0.6) is 0 Å². The van der Waals surface area contributed by atoms with Gasteiger partial charge < -0.3 is 9.96 Å². The van der Waals surface area contributed by atoms with Crippen LogP contribution in [0.15, 0.2) is 0 Å². The molecule has 7 heteroatoms. The zero-order chi connectivity index (χ0) is 17.5. The second kappa shape index (κ2) is 9.83. The minimum absolute atomic E-state index is 0.114. The van der Waals surface area contributed by atoms with E-state index in [1.54, 1.807) is 0 Å². The third-order valence-electron chi connectivity index (χ3n) is 2.62. The molecule has 0 aromatic heterocycles. The predicted molar refractivity (Wildman–Crippen MR) is 103 cm³/mol. The first-order valence-corrected chi connectivity index (χ1v) is 18.1. The molecule has 2 nitrogen and oxygen atoms in total. The van der Waals surface area contributed by atoms with Gasteiger partial charge in [0, 0.05) is 0 Å². The van der Waals surface area contributed by atoms with E-state index in [2.05, 4.69) is 67.7 Å². The summed E-state index contributed by atoms with van der Waals surface area (Å²) < 4.78 is 0. The molecule has 0 unspecified atom stereocenters. The molecule has 0 aromatic carbocycles. The molecule has 0 aliphatic rings. The van der Waals surface area contributed by atoms with E-state index in [-0.39, 0.29) is 11.1 Å². The van der Waals surface area contributed by atoms with Crippen LogP contribution in [-0.2, 0) is 17.0 Å². The summed E-state index contributed by atoms with van der Waals surface area (Å²) in [7, 11) is 6.93. The van der Waals surface area contributed by atoms with Crippen molar-refractivity contribution in [1.29, 1.82) is 0 Å². The summed E-state index contributed by atoms with van der Waals surface area (Å²) in [4.78, 5) is 10.1. The number of halogens is 2. The van der Waals surface area contributed by atoms with E-state index < -0.39 is 33.5 Å². The Labute approximate surface area is 152 Å². The fourth-order valence-electron chi connectivity index (χ4n) is 2.54. The normalized spacial score (nSPS) is 13.5. The summed E-state index contributed by atoms with van der Waals surface area (Å²) in [5.41, 5.74) is 0.227. The quantitative estimate of drug-likeness (QED) is 0.436. The average Bonchev–Trinajstić information content (AvgIpc) is 2.08. The van der Waals surface area contributed by atoms with E-state index >= 15 is 0 Å². The van der Waals surface area contributed by atoms with Gasteiger partial charge in [-0.05, 0) is 0 Å². The zero-order valence-electron chi connectivity index (χ0n) is 15.6. The van der Waals surface area contributed by atoms with Crippen LogP contribution in [0.4, 0.5) is 0 Å². The van der Waals surface area contributed by atoms with Gasteiger partial charge in [0.15, 0.2) is 0 Å². The first-order valence-electron chi connectivity index (χ1n) is 7.48. The van der Waals surface area contributed by atoms with Gasteiger partial charge in [-0.25, -0.2) is 0 Å². The van der Waals surface area contributed by atoms with E-state index in [0.717, 1.165) is 0 Å². The van der Waals surface area contributed by atoms with Crippen LogP contribution in [0.3, 0.4) is 0 Å². The van der Waals surface area contributed by atoms with Crippen molar-refractivity contribution in [3.63, 3.8) is 0 Å². The van der Waals surface area contributed by atoms with Crippen molar-refractivity contribution >= 4 is 35.1 Å². The molecule has 0 aromatic rings. The molecule has 0 N–H and O–H groups in total. The number of rotatable bonds is 5. The van der Waals surface area contributed by atoms with Crippen molar-refractivity contribution in [2.75, 3.05) is 0 Å². The molecule has 21 heavy (non-hydrogen) atoms. The number of hydrogen-bond donors (Lipinski definition) is 0. The molecule has 0 amide bonds. The van der Waals surface area contributed by atoms with E-state index in [0.29, 0.717) is 0 Å². The van der Waals surface area contributed by atoms with Crippen molar-refractivity contribution in [2.24, 2.45) is 0 Å². The van der Waals surface area contributed by atoms with Gasteiger partial charge in [-0.3, -0.25) is 0 Å². The number of nitrogens with zero attached hydrogens (tertiary/aromatic N) is 2. The molecule has 0 radical (unpaired) electrons. The van der Waals surface area contributed by atoms with Crippen LogP contribution in [0.1, 0.15) is 41.5 Å². The second-order valence-corrected chi connectivity index (χ2v) is 20.0. The Morgan fingerprint density at radius 2 is 0.905 bits per heavy atom. The molecule has 0 rings (SSSR count). The van der Waals surface area contributed by atoms with E-state index in [4.69, 9.17) is 28.6 Å². The van der Waals surface area contributed by atoms with E-state index in [9.17, 15) is 0 Å². The Kier molecular flexibility index (Phi) is 11.6. The van der Waals surface area contributed by atoms with Crippen LogP contribution < -0.4 is 0 Å². The van der Waals surface area contributed by atoms with Crippen LogP contribution in [0.25, 0.3) is 9.96 Å².